The number of hydrogen-bond donors (Lipinski definition) is 2. The Morgan fingerprint density at radius 3 is 2.70 bits per heavy atom. The summed E-state index contributed by atoms with van der Waals surface area (Å²) in [5, 5.41) is 11.8. The molecule has 2 aromatic heterocycles. The number of fused-ring (bicyclic) bond motifs is 3. The van der Waals surface area contributed by atoms with E-state index in [0.717, 1.165) is 30.6 Å². The highest BCUT2D eigenvalue weighted by molar-refractivity contribution is 6.32. The van der Waals surface area contributed by atoms with E-state index in [9.17, 15) is 4.79 Å². The van der Waals surface area contributed by atoms with Gasteiger partial charge in [-0.1, -0.05) is 11.6 Å². The van der Waals surface area contributed by atoms with Gasteiger partial charge in [0, 0.05) is 25.6 Å². The predicted octanol–water partition coefficient (Wildman–Crippen LogP) is 4.53. The quantitative estimate of drug-likeness (QED) is 0.616. The Morgan fingerprint density at radius 2 is 2.00 bits per heavy atom. The Kier molecular flexibility index (Phi) is 6.56. The second kappa shape index (κ2) is 9.24. The molecule has 10 nitrogen and oxygen atoms in total. The molecule has 2 N–H and O–H groups in total. The van der Waals surface area contributed by atoms with E-state index in [1.807, 2.05) is 32.4 Å². The van der Waals surface area contributed by atoms with Gasteiger partial charge in [0.15, 0.2) is 5.82 Å². The molecule has 0 unspecified atom stereocenters. The Bertz CT molecular complexity index is 1010. The minimum Gasteiger partial charge on any atom is -0.475 e. The standard InChI is InChI=1S/C22H32ClN7O3/c1-13-8-11-32-19-17(26-20-24-12-16(23)18(25-13)27-20)14(2)30(28-19)15-6-9-29(10-7-15)21(31)33-22(3,4)5/h12-13,15H,6-11H2,1-5H3,(H2,24,25,26,27)/t13-/m1/s1. The van der Waals surface area contributed by atoms with Crippen LogP contribution in [0.25, 0.3) is 0 Å². The van der Waals surface area contributed by atoms with Crippen molar-refractivity contribution in [1.29, 1.82) is 0 Å². The lowest BCUT2D eigenvalue weighted by atomic mass is 10.1. The first-order chi connectivity index (χ1) is 15.6. The molecule has 4 rings (SSSR count). The maximum Gasteiger partial charge on any atom is 0.410 e. The van der Waals surface area contributed by atoms with Crippen molar-refractivity contribution in [2.75, 3.05) is 30.3 Å². The Morgan fingerprint density at radius 1 is 1.27 bits per heavy atom. The number of rotatable bonds is 1. The molecule has 4 heterocycles. The highest BCUT2D eigenvalue weighted by Crippen LogP contribution is 2.35. The van der Waals surface area contributed by atoms with Crippen molar-refractivity contribution in [1.82, 2.24) is 24.6 Å². The van der Waals surface area contributed by atoms with Crippen LogP contribution in [0, 0.1) is 6.92 Å². The van der Waals surface area contributed by atoms with Gasteiger partial charge in [0.1, 0.15) is 16.3 Å². The van der Waals surface area contributed by atoms with Crippen molar-refractivity contribution in [2.45, 2.75) is 71.6 Å². The summed E-state index contributed by atoms with van der Waals surface area (Å²) in [7, 11) is 0. The first-order valence-corrected chi connectivity index (χ1v) is 11.7. The molecule has 0 aliphatic carbocycles. The van der Waals surface area contributed by atoms with Gasteiger partial charge in [-0.25, -0.2) is 9.78 Å². The number of likely N-dealkylation sites (tertiary alicyclic amines) is 1. The first kappa shape index (κ1) is 23.4. The zero-order valence-electron chi connectivity index (χ0n) is 19.8. The number of hydrogen-bond acceptors (Lipinski definition) is 8. The second-order valence-corrected chi connectivity index (χ2v) is 10.0. The highest BCUT2D eigenvalue weighted by Gasteiger charge is 2.30. The number of nitrogens with one attached hydrogen (secondary N) is 2. The lowest BCUT2D eigenvalue weighted by Gasteiger charge is -2.33. The predicted molar refractivity (Wildman–Crippen MR) is 127 cm³/mol. The second-order valence-electron chi connectivity index (χ2n) is 9.61. The number of halogens is 1. The molecule has 2 aromatic rings. The van der Waals surface area contributed by atoms with Crippen LogP contribution in [0.5, 0.6) is 5.88 Å². The number of carbonyl (C=O) groups is 1. The molecular weight excluding hydrogens is 446 g/mol. The number of anilines is 3. The largest absolute Gasteiger partial charge is 0.475 e. The SMILES string of the molecule is Cc1c2c(nn1C1CCN(C(=O)OC(C)(C)C)CC1)OCC[C@@H](C)Nc1nc(ncc1Cl)N2. The third-order valence-electron chi connectivity index (χ3n) is 5.73. The summed E-state index contributed by atoms with van der Waals surface area (Å²) in [5.41, 5.74) is 1.17. The fraction of sp³-hybridized carbons (Fsp3) is 0.636. The van der Waals surface area contributed by atoms with Gasteiger partial charge in [-0.05, 0) is 47.5 Å². The van der Waals surface area contributed by atoms with Crippen molar-refractivity contribution in [2.24, 2.45) is 0 Å². The molecule has 0 aromatic carbocycles. The lowest BCUT2D eigenvalue weighted by Crippen LogP contribution is -2.42. The molecule has 1 saturated heterocycles. The maximum absolute atomic E-state index is 12.4. The van der Waals surface area contributed by atoms with Crippen LogP contribution in [0.15, 0.2) is 6.20 Å². The fourth-order valence-corrected chi connectivity index (χ4v) is 4.14. The van der Waals surface area contributed by atoms with Crippen LogP contribution >= 0.6 is 11.6 Å². The molecule has 1 fully saturated rings. The van der Waals surface area contributed by atoms with E-state index < -0.39 is 5.60 Å². The fourth-order valence-electron chi connectivity index (χ4n) is 3.99. The van der Waals surface area contributed by atoms with Crippen LogP contribution in [-0.4, -0.2) is 62.1 Å². The van der Waals surface area contributed by atoms with E-state index in [1.165, 1.54) is 0 Å². The zero-order valence-corrected chi connectivity index (χ0v) is 20.6. The van der Waals surface area contributed by atoms with Gasteiger partial charge < -0.3 is 25.0 Å². The van der Waals surface area contributed by atoms with Gasteiger partial charge in [0.05, 0.1) is 24.5 Å². The van der Waals surface area contributed by atoms with Crippen molar-refractivity contribution in [3.63, 3.8) is 0 Å². The molecule has 0 radical (unpaired) electrons. The van der Waals surface area contributed by atoms with Gasteiger partial charge in [0.25, 0.3) is 5.88 Å². The summed E-state index contributed by atoms with van der Waals surface area (Å²) in [6.45, 7) is 11.4. The van der Waals surface area contributed by atoms with Gasteiger partial charge in [0.2, 0.25) is 5.95 Å². The van der Waals surface area contributed by atoms with Crippen molar-refractivity contribution < 1.29 is 14.3 Å². The minimum absolute atomic E-state index is 0.118. The summed E-state index contributed by atoms with van der Waals surface area (Å²) in [4.78, 5) is 23.0. The van der Waals surface area contributed by atoms with E-state index in [2.05, 4.69) is 27.5 Å². The Labute approximate surface area is 199 Å². The average Bonchev–Trinajstić information content (AvgIpc) is 3.03. The lowest BCUT2D eigenvalue weighted by molar-refractivity contribution is 0.0184. The van der Waals surface area contributed by atoms with Gasteiger partial charge in [-0.3, -0.25) is 4.68 Å². The highest BCUT2D eigenvalue weighted by atomic mass is 35.5. The molecule has 1 amide bonds. The molecule has 1 atom stereocenters. The molecule has 2 bridgehead atoms. The minimum atomic E-state index is -0.501. The van der Waals surface area contributed by atoms with Crippen LogP contribution in [0.1, 0.15) is 58.7 Å². The maximum atomic E-state index is 12.4. The summed E-state index contributed by atoms with van der Waals surface area (Å²) in [6, 6.07) is 0.268. The van der Waals surface area contributed by atoms with E-state index in [0.29, 0.717) is 42.4 Å². The van der Waals surface area contributed by atoms with Gasteiger partial charge in [-0.15, -0.1) is 5.10 Å². The van der Waals surface area contributed by atoms with Gasteiger partial charge in [-0.2, -0.15) is 4.98 Å². The number of carbonyl (C=O) groups excluding carboxylic acids is 1. The Balaban J connectivity index is 1.54. The summed E-state index contributed by atoms with van der Waals surface area (Å²) in [6.07, 6.45) is 3.63. The summed E-state index contributed by atoms with van der Waals surface area (Å²) >= 11 is 6.26. The summed E-state index contributed by atoms with van der Waals surface area (Å²) in [5.74, 6) is 1.53. The smallest absolute Gasteiger partial charge is 0.410 e. The normalized spacial score (nSPS) is 19.5. The van der Waals surface area contributed by atoms with Crippen molar-refractivity contribution in [3.05, 3.63) is 16.9 Å². The number of piperidine rings is 1. The third-order valence-corrected chi connectivity index (χ3v) is 6.01. The topological polar surface area (TPSA) is 106 Å². The molecule has 0 spiro atoms. The molecule has 0 saturated carbocycles. The summed E-state index contributed by atoms with van der Waals surface area (Å²) < 4.78 is 13.6. The molecular formula is C22H32ClN7O3. The van der Waals surface area contributed by atoms with Crippen LogP contribution in [0.3, 0.4) is 0 Å². The van der Waals surface area contributed by atoms with Crippen LogP contribution in [0.2, 0.25) is 5.02 Å². The molecule has 33 heavy (non-hydrogen) atoms. The van der Waals surface area contributed by atoms with E-state index >= 15 is 0 Å². The average molecular weight is 478 g/mol. The first-order valence-electron chi connectivity index (χ1n) is 11.4. The number of ether oxygens (including phenoxy) is 2. The molecule has 11 heteroatoms. The van der Waals surface area contributed by atoms with E-state index in [1.54, 1.807) is 11.1 Å². The van der Waals surface area contributed by atoms with Gasteiger partial charge >= 0.3 is 6.09 Å². The molecule has 180 valence electrons. The molecule has 2 aliphatic heterocycles. The van der Waals surface area contributed by atoms with Crippen LogP contribution in [0.4, 0.5) is 22.2 Å². The van der Waals surface area contributed by atoms with Crippen molar-refractivity contribution >= 4 is 35.1 Å². The van der Waals surface area contributed by atoms with Crippen LogP contribution < -0.4 is 15.4 Å². The van der Waals surface area contributed by atoms with Crippen molar-refractivity contribution in [3.8, 4) is 5.88 Å². The third kappa shape index (κ3) is 5.43. The Hall–Kier alpha value is -2.75. The number of aromatic nitrogens is 4. The van der Waals surface area contributed by atoms with E-state index in [-0.39, 0.29) is 18.2 Å². The van der Waals surface area contributed by atoms with Crippen LogP contribution in [-0.2, 0) is 4.74 Å². The van der Waals surface area contributed by atoms with E-state index in [4.69, 9.17) is 26.2 Å². The number of nitrogens with zero attached hydrogens (tertiary/aromatic N) is 5. The monoisotopic (exact) mass is 477 g/mol. The molecule has 2 aliphatic rings. The number of amides is 1. The zero-order chi connectivity index (χ0) is 23.8.